The van der Waals surface area contributed by atoms with Gasteiger partial charge in [-0.25, -0.2) is 21.9 Å². The van der Waals surface area contributed by atoms with Crippen molar-refractivity contribution in [3.8, 4) is 0 Å². The number of carbonyl (C=O) groups excluding carboxylic acids is 2. The van der Waals surface area contributed by atoms with Gasteiger partial charge in [-0.05, 0) is 42.9 Å². The average Bonchev–Trinajstić information content (AvgIpc) is 2.71. The maximum absolute atomic E-state index is 12.9. The van der Waals surface area contributed by atoms with Gasteiger partial charge in [0.1, 0.15) is 11.9 Å². The summed E-state index contributed by atoms with van der Waals surface area (Å²) in [6, 6.07) is 4.70. The SMILES string of the molecule is CCCC(NC(=O)NCc1ccc(F)cc1)C(=O)NCC1CCN(S(C)(=O)=O)CC1. The Morgan fingerprint density at radius 2 is 1.80 bits per heavy atom. The number of sulfonamides is 1. The van der Waals surface area contributed by atoms with Crippen LogP contribution in [0.3, 0.4) is 0 Å². The molecule has 1 unspecified atom stereocenters. The number of urea groups is 1. The van der Waals surface area contributed by atoms with E-state index in [0.29, 0.717) is 38.9 Å². The predicted octanol–water partition coefficient (Wildman–Crippen LogP) is 1.58. The van der Waals surface area contributed by atoms with Crippen LogP contribution in [-0.4, -0.2) is 56.6 Å². The number of piperidine rings is 1. The Labute approximate surface area is 177 Å². The van der Waals surface area contributed by atoms with Crippen LogP contribution in [0.5, 0.6) is 0 Å². The summed E-state index contributed by atoms with van der Waals surface area (Å²) in [4.78, 5) is 24.7. The third kappa shape index (κ3) is 7.91. The molecule has 2 rings (SSSR count). The number of carbonyl (C=O) groups is 2. The van der Waals surface area contributed by atoms with Gasteiger partial charge in [-0.15, -0.1) is 0 Å². The third-order valence-electron chi connectivity index (χ3n) is 5.17. The molecule has 1 aliphatic heterocycles. The van der Waals surface area contributed by atoms with Crippen LogP contribution in [0.25, 0.3) is 0 Å². The molecule has 3 amide bonds. The molecule has 0 radical (unpaired) electrons. The van der Waals surface area contributed by atoms with Crippen molar-refractivity contribution in [1.82, 2.24) is 20.3 Å². The molecule has 1 saturated heterocycles. The van der Waals surface area contributed by atoms with Crippen molar-refractivity contribution in [2.24, 2.45) is 5.92 Å². The number of benzene rings is 1. The lowest BCUT2D eigenvalue weighted by molar-refractivity contribution is -0.123. The number of hydrogen-bond donors (Lipinski definition) is 3. The zero-order chi connectivity index (χ0) is 22.1. The van der Waals surface area contributed by atoms with E-state index in [4.69, 9.17) is 0 Å². The highest BCUT2D eigenvalue weighted by Gasteiger charge is 2.26. The largest absolute Gasteiger partial charge is 0.354 e. The van der Waals surface area contributed by atoms with Crippen molar-refractivity contribution >= 4 is 22.0 Å². The van der Waals surface area contributed by atoms with E-state index < -0.39 is 22.1 Å². The Balaban J connectivity index is 1.77. The summed E-state index contributed by atoms with van der Waals surface area (Å²) in [6.45, 7) is 3.53. The van der Waals surface area contributed by atoms with Gasteiger partial charge in [0.25, 0.3) is 0 Å². The lowest BCUT2D eigenvalue weighted by Crippen LogP contribution is -2.51. The Morgan fingerprint density at radius 3 is 2.37 bits per heavy atom. The molecule has 0 bridgehead atoms. The topological polar surface area (TPSA) is 108 Å². The minimum Gasteiger partial charge on any atom is -0.354 e. The van der Waals surface area contributed by atoms with Crippen molar-refractivity contribution in [2.75, 3.05) is 25.9 Å². The molecule has 1 aromatic rings. The molecule has 30 heavy (non-hydrogen) atoms. The second-order valence-corrected chi connectivity index (χ2v) is 9.63. The van der Waals surface area contributed by atoms with E-state index in [9.17, 15) is 22.4 Å². The standard InChI is InChI=1S/C20H31FN4O4S/c1-3-4-18(24-20(27)23-14-15-5-7-17(21)8-6-15)19(26)22-13-16-9-11-25(12-10-16)30(2,28)29/h5-8,16,18H,3-4,9-14H2,1-2H3,(H,22,26)(H2,23,24,27). The number of halogens is 1. The molecular formula is C20H31FN4O4S. The smallest absolute Gasteiger partial charge is 0.315 e. The van der Waals surface area contributed by atoms with Crippen molar-refractivity contribution in [3.63, 3.8) is 0 Å². The van der Waals surface area contributed by atoms with Crippen LogP contribution in [0.2, 0.25) is 0 Å². The normalized spacial score (nSPS) is 16.6. The van der Waals surface area contributed by atoms with Gasteiger partial charge in [-0.3, -0.25) is 4.79 Å². The molecule has 0 spiro atoms. The van der Waals surface area contributed by atoms with Crippen LogP contribution in [0.15, 0.2) is 24.3 Å². The van der Waals surface area contributed by atoms with Crippen LogP contribution < -0.4 is 16.0 Å². The summed E-state index contributed by atoms with van der Waals surface area (Å²) in [7, 11) is -3.17. The Hall–Kier alpha value is -2.20. The first-order valence-corrected chi connectivity index (χ1v) is 12.1. The summed E-state index contributed by atoms with van der Waals surface area (Å²) in [5, 5.41) is 8.25. The van der Waals surface area contributed by atoms with E-state index in [1.54, 1.807) is 12.1 Å². The van der Waals surface area contributed by atoms with Crippen LogP contribution in [0.1, 0.15) is 38.2 Å². The second-order valence-electron chi connectivity index (χ2n) is 7.65. The monoisotopic (exact) mass is 442 g/mol. The van der Waals surface area contributed by atoms with Crippen molar-refractivity contribution in [3.05, 3.63) is 35.6 Å². The van der Waals surface area contributed by atoms with Gasteiger partial charge in [0.05, 0.1) is 6.26 Å². The zero-order valence-electron chi connectivity index (χ0n) is 17.5. The van der Waals surface area contributed by atoms with Crippen molar-refractivity contribution in [2.45, 2.75) is 45.2 Å². The Bertz CT molecular complexity index is 809. The minimum atomic E-state index is -3.17. The molecule has 1 fully saturated rings. The van der Waals surface area contributed by atoms with Crippen molar-refractivity contribution in [1.29, 1.82) is 0 Å². The molecule has 1 aliphatic rings. The lowest BCUT2D eigenvalue weighted by atomic mass is 9.98. The van der Waals surface area contributed by atoms with E-state index in [1.807, 2.05) is 6.92 Å². The first-order valence-electron chi connectivity index (χ1n) is 10.2. The summed E-state index contributed by atoms with van der Waals surface area (Å²) in [6.07, 6.45) is 3.82. The summed E-state index contributed by atoms with van der Waals surface area (Å²) in [5.74, 6) is -0.384. The Morgan fingerprint density at radius 1 is 1.17 bits per heavy atom. The number of amides is 3. The number of hydrogen-bond acceptors (Lipinski definition) is 4. The quantitative estimate of drug-likeness (QED) is 0.540. The fraction of sp³-hybridized carbons (Fsp3) is 0.600. The highest BCUT2D eigenvalue weighted by Crippen LogP contribution is 2.18. The van der Waals surface area contributed by atoms with E-state index in [0.717, 1.165) is 12.0 Å². The first kappa shape index (κ1) is 24.1. The molecule has 8 nitrogen and oxygen atoms in total. The fourth-order valence-corrected chi connectivity index (χ4v) is 4.24. The number of nitrogens with one attached hydrogen (secondary N) is 3. The molecule has 0 aromatic heterocycles. The van der Waals surface area contributed by atoms with Crippen LogP contribution in [0.4, 0.5) is 9.18 Å². The molecule has 1 atom stereocenters. The van der Waals surface area contributed by atoms with Crippen LogP contribution in [-0.2, 0) is 21.4 Å². The van der Waals surface area contributed by atoms with E-state index in [2.05, 4.69) is 16.0 Å². The van der Waals surface area contributed by atoms with E-state index in [-0.39, 0.29) is 24.2 Å². The first-order chi connectivity index (χ1) is 14.2. The van der Waals surface area contributed by atoms with E-state index in [1.165, 1.54) is 22.7 Å². The third-order valence-corrected chi connectivity index (χ3v) is 6.48. The molecular weight excluding hydrogens is 411 g/mol. The van der Waals surface area contributed by atoms with Crippen molar-refractivity contribution < 1.29 is 22.4 Å². The second kappa shape index (κ2) is 11.3. The van der Waals surface area contributed by atoms with Gasteiger partial charge in [0.15, 0.2) is 0 Å². The highest BCUT2D eigenvalue weighted by atomic mass is 32.2. The van der Waals surface area contributed by atoms with Gasteiger partial charge in [-0.2, -0.15) is 0 Å². The van der Waals surface area contributed by atoms with E-state index >= 15 is 0 Å². The number of rotatable bonds is 9. The summed E-state index contributed by atoms with van der Waals surface area (Å²) < 4.78 is 37.5. The van der Waals surface area contributed by atoms with Crippen LogP contribution >= 0.6 is 0 Å². The maximum Gasteiger partial charge on any atom is 0.315 e. The minimum absolute atomic E-state index is 0.210. The molecule has 168 valence electrons. The molecule has 1 heterocycles. The maximum atomic E-state index is 12.9. The Kier molecular flexibility index (Phi) is 9.04. The molecule has 10 heteroatoms. The highest BCUT2D eigenvalue weighted by molar-refractivity contribution is 7.88. The zero-order valence-corrected chi connectivity index (χ0v) is 18.3. The van der Waals surface area contributed by atoms with Gasteiger partial charge in [0.2, 0.25) is 15.9 Å². The van der Waals surface area contributed by atoms with Gasteiger partial charge in [-0.1, -0.05) is 25.5 Å². The predicted molar refractivity (Wildman–Crippen MR) is 113 cm³/mol. The average molecular weight is 443 g/mol. The van der Waals surface area contributed by atoms with Gasteiger partial charge < -0.3 is 16.0 Å². The molecule has 0 aliphatic carbocycles. The molecule has 0 saturated carbocycles. The van der Waals surface area contributed by atoms with Gasteiger partial charge >= 0.3 is 6.03 Å². The summed E-state index contributed by atoms with van der Waals surface area (Å²) in [5.41, 5.74) is 0.753. The molecule has 1 aromatic carbocycles. The molecule has 3 N–H and O–H groups in total. The van der Waals surface area contributed by atoms with Gasteiger partial charge in [0, 0.05) is 26.2 Å². The number of nitrogens with zero attached hydrogens (tertiary/aromatic N) is 1. The summed E-state index contributed by atoms with van der Waals surface area (Å²) >= 11 is 0. The van der Waals surface area contributed by atoms with Crippen LogP contribution in [0, 0.1) is 11.7 Å². The lowest BCUT2D eigenvalue weighted by Gasteiger charge is -2.30. The fourth-order valence-electron chi connectivity index (χ4n) is 3.36.